The van der Waals surface area contributed by atoms with Crippen LogP contribution < -0.4 is 5.32 Å². The van der Waals surface area contributed by atoms with Crippen molar-refractivity contribution >= 4 is 5.91 Å². The summed E-state index contributed by atoms with van der Waals surface area (Å²) in [6.07, 6.45) is 0. The topological polar surface area (TPSA) is 35.6 Å². The molecular formula is C16H25N3O. The number of benzene rings is 1. The number of rotatable bonds is 4. The highest BCUT2D eigenvalue weighted by Gasteiger charge is 2.33. The van der Waals surface area contributed by atoms with Crippen LogP contribution in [0.25, 0.3) is 0 Å². The molecule has 1 heterocycles. The van der Waals surface area contributed by atoms with E-state index in [1.165, 1.54) is 5.56 Å². The van der Waals surface area contributed by atoms with Crippen LogP contribution >= 0.6 is 0 Å². The zero-order valence-corrected chi connectivity index (χ0v) is 12.7. The van der Waals surface area contributed by atoms with E-state index >= 15 is 0 Å². The third-order valence-corrected chi connectivity index (χ3v) is 4.02. The third kappa shape index (κ3) is 3.81. The second-order valence-corrected chi connectivity index (χ2v) is 6.10. The summed E-state index contributed by atoms with van der Waals surface area (Å²) in [5.41, 5.74) is 1.43. The third-order valence-electron chi connectivity index (χ3n) is 4.02. The number of carbonyl (C=O) groups excluding carboxylic acids is 1. The summed E-state index contributed by atoms with van der Waals surface area (Å²) >= 11 is 0. The smallest absolute Gasteiger partial charge is 0.233 e. The molecule has 1 aliphatic heterocycles. The van der Waals surface area contributed by atoms with Crippen molar-refractivity contribution in [2.45, 2.75) is 25.9 Å². The lowest BCUT2D eigenvalue weighted by atomic mass is 9.97. The summed E-state index contributed by atoms with van der Waals surface area (Å²) < 4.78 is 0. The molecule has 1 aromatic rings. The normalized spacial score (nSPS) is 19.8. The van der Waals surface area contributed by atoms with Gasteiger partial charge in [0.25, 0.3) is 0 Å². The van der Waals surface area contributed by atoms with Crippen LogP contribution in [0.15, 0.2) is 30.3 Å². The van der Waals surface area contributed by atoms with Crippen LogP contribution in [0.2, 0.25) is 0 Å². The van der Waals surface area contributed by atoms with E-state index in [9.17, 15) is 4.79 Å². The van der Waals surface area contributed by atoms with E-state index in [-0.39, 0.29) is 11.4 Å². The summed E-state index contributed by atoms with van der Waals surface area (Å²) in [7, 11) is 1.69. The number of hydrogen-bond acceptors (Lipinski definition) is 3. The maximum atomic E-state index is 11.5. The van der Waals surface area contributed by atoms with Crippen LogP contribution in [0.3, 0.4) is 0 Å². The molecule has 4 nitrogen and oxygen atoms in total. The van der Waals surface area contributed by atoms with E-state index in [1.54, 1.807) is 7.05 Å². The summed E-state index contributed by atoms with van der Waals surface area (Å²) in [4.78, 5) is 16.2. The number of piperazine rings is 1. The quantitative estimate of drug-likeness (QED) is 0.900. The van der Waals surface area contributed by atoms with Crippen molar-refractivity contribution in [1.29, 1.82) is 0 Å². The molecule has 110 valence electrons. The standard InChI is InChI=1S/C16H25N3O/c1-16(2)13-18(12-15(20)17-3)9-10-19(16)11-14-7-5-4-6-8-14/h4-8H,9-13H2,1-3H3,(H,17,20). The first-order chi connectivity index (χ1) is 9.51. The summed E-state index contributed by atoms with van der Waals surface area (Å²) in [5.74, 6) is 0.0947. The summed E-state index contributed by atoms with van der Waals surface area (Å²) in [6, 6.07) is 10.6. The molecule has 20 heavy (non-hydrogen) atoms. The largest absolute Gasteiger partial charge is 0.358 e. The Bertz CT molecular complexity index is 444. The number of nitrogens with zero attached hydrogens (tertiary/aromatic N) is 2. The Labute approximate surface area is 121 Å². The Morgan fingerprint density at radius 3 is 2.55 bits per heavy atom. The minimum Gasteiger partial charge on any atom is -0.358 e. The monoisotopic (exact) mass is 275 g/mol. The number of carbonyl (C=O) groups is 1. The molecule has 0 bridgehead atoms. The molecule has 2 rings (SSSR count). The fourth-order valence-electron chi connectivity index (χ4n) is 2.81. The van der Waals surface area contributed by atoms with Crippen molar-refractivity contribution in [3.63, 3.8) is 0 Å². The fourth-order valence-corrected chi connectivity index (χ4v) is 2.81. The van der Waals surface area contributed by atoms with Crippen LogP contribution in [-0.2, 0) is 11.3 Å². The van der Waals surface area contributed by atoms with Crippen LogP contribution in [0.5, 0.6) is 0 Å². The first-order valence-electron chi connectivity index (χ1n) is 7.23. The Balaban J connectivity index is 1.96. The van der Waals surface area contributed by atoms with Gasteiger partial charge in [-0.1, -0.05) is 30.3 Å². The van der Waals surface area contributed by atoms with Gasteiger partial charge in [-0.2, -0.15) is 0 Å². The van der Waals surface area contributed by atoms with E-state index in [0.717, 1.165) is 26.2 Å². The van der Waals surface area contributed by atoms with E-state index in [2.05, 4.69) is 59.3 Å². The minimum atomic E-state index is 0.0854. The summed E-state index contributed by atoms with van der Waals surface area (Å²) in [6.45, 7) is 8.86. The average Bonchev–Trinajstić information content (AvgIpc) is 2.42. The lowest BCUT2D eigenvalue weighted by Gasteiger charge is -2.47. The van der Waals surface area contributed by atoms with Gasteiger partial charge < -0.3 is 5.32 Å². The summed E-state index contributed by atoms with van der Waals surface area (Å²) in [5, 5.41) is 2.70. The van der Waals surface area contributed by atoms with Crippen LogP contribution in [0.1, 0.15) is 19.4 Å². The highest BCUT2D eigenvalue weighted by molar-refractivity contribution is 5.77. The number of likely N-dealkylation sites (N-methyl/N-ethyl adjacent to an activating group) is 1. The van der Waals surface area contributed by atoms with E-state index in [0.29, 0.717) is 6.54 Å². The number of nitrogens with one attached hydrogen (secondary N) is 1. The van der Waals surface area contributed by atoms with Gasteiger partial charge >= 0.3 is 0 Å². The number of amides is 1. The van der Waals surface area contributed by atoms with Crippen LogP contribution in [0.4, 0.5) is 0 Å². The lowest BCUT2D eigenvalue weighted by molar-refractivity contribution is -0.123. The Morgan fingerprint density at radius 1 is 1.25 bits per heavy atom. The number of hydrogen-bond donors (Lipinski definition) is 1. The molecule has 1 fully saturated rings. The van der Waals surface area contributed by atoms with E-state index in [1.807, 2.05) is 0 Å². The van der Waals surface area contributed by atoms with Gasteiger partial charge in [0.2, 0.25) is 5.91 Å². The average molecular weight is 275 g/mol. The second kappa shape index (κ2) is 6.37. The first kappa shape index (κ1) is 15.0. The molecule has 1 aliphatic rings. The van der Waals surface area contributed by atoms with Crippen molar-refractivity contribution in [1.82, 2.24) is 15.1 Å². The van der Waals surface area contributed by atoms with E-state index < -0.39 is 0 Å². The van der Waals surface area contributed by atoms with Gasteiger partial charge in [0.1, 0.15) is 0 Å². The maximum absolute atomic E-state index is 11.5. The van der Waals surface area contributed by atoms with Gasteiger partial charge in [0.15, 0.2) is 0 Å². The van der Waals surface area contributed by atoms with Crippen molar-refractivity contribution < 1.29 is 4.79 Å². The molecule has 1 saturated heterocycles. The van der Waals surface area contributed by atoms with Crippen molar-refractivity contribution in [2.24, 2.45) is 0 Å². The molecule has 0 unspecified atom stereocenters. The second-order valence-electron chi connectivity index (χ2n) is 6.10. The molecule has 0 spiro atoms. The molecule has 1 N–H and O–H groups in total. The fraction of sp³-hybridized carbons (Fsp3) is 0.562. The van der Waals surface area contributed by atoms with Gasteiger partial charge in [-0.05, 0) is 19.4 Å². The predicted molar refractivity (Wildman–Crippen MR) is 81.4 cm³/mol. The Hall–Kier alpha value is -1.39. The van der Waals surface area contributed by atoms with Crippen LogP contribution in [-0.4, -0.2) is 54.5 Å². The zero-order chi connectivity index (χ0) is 14.6. The van der Waals surface area contributed by atoms with Gasteiger partial charge in [-0.25, -0.2) is 0 Å². The zero-order valence-electron chi connectivity index (χ0n) is 12.7. The van der Waals surface area contributed by atoms with Gasteiger partial charge in [0.05, 0.1) is 6.54 Å². The highest BCUT2D eigenvalue weighted by Crippen LogP contribution is 2.23. The molecule has 0 saturated carbocycles. The minimum absolute atomic E-state index is 0.0854. The molecule has 0 radical (unpaired) electrons. The van der Waals surface area contributed by atoms with E-state index in [4.69, 9.17) is 0 Å². The molecular weight excluding hydrogens is 250 g/mol. The molecule has 0 aromatic heterocycles. The Morgan fingerprint density at radius 2 is 1.95 bits per heavy atom. The van der Waals surface area contributed by atoms with Crippen molar-refractivity contribution in [3.05, 3.63) is 35.9 Å². The molecule has 1 amide bonds. The predicted octanol–water partition coefficient (Wildman–Crippen LogP) is 1.33. The van der Waals surface area contributed by atoms with Crippen molar-refractivity contribution in [2.75, 3.05) is 33.2 Å². The molecule has 0 atom stereocenters. The van der Waals surface area contributed by atoms with Gasteiger partial charge in [-0.3, -0.25) is 14.6 Å². The lowest BCUT2D eigenvalue weighted by Crippen LogP contribution is -2.59. The first-order valence-corrected chi connectivity index (χ1v) is 7.23. The highest BCUT2D eigenvalue weighted by atomic mass is 16.1. The van der Waals surface area contributed by atoms with Gasteiger partial charge in [0, 0.05) is 38.8 Å². The molecule has 0 aliphatic carbocycles. The van der Waals surface area contributed by atoms with Gasteiger partial charge in [-0.15, -0.1) is 0 Å². The van der Waals surface area contributed by atoms with Crippen LogP contribution in [0, 0.1) is 0 Å². The molecule has 4 heteroatoms. The SMILES string of the molecule is CNC(=O)CN1CCN(Cc2ccccc2)C(C)(C)C1. The Kier molecular flexibility index (Phi) is 4.78. The maximum Gasteiger partial charge on any atom is 0.233 e. The van der Waals surface area contributed by atoms with Crippen molar-refractivity contribution in [3.8, 4) is 0 Å². The molecule has 1 aromatic carbocycles.